The van der Waals surface area contributed by atoms with Crippen molar-refractivity contribution in [3.8, 4) is 0 Å². The molecule has 0 bridgehead atoms. The second kappa shape index (κ2) is 3.92. The topological polar surface area (TPSA) is 26.0 Å². The van der Waals surface area contributed by atoms with Crippen LogP contribution in [0.1, 0.15) is 30.9 Å². The van der Waals surface area contributed by atoms with Crippen molar-refractivity contribution in [2.75, 3.05) is 0 Å². The van der Waals surface area contributed by atoms with E-state index in [0.29, 0.717) is 12.5 Å². The van der Waals surface area contributed by atoms with Gasteiger partial charge in [0.15, 0.2) is 0 Å². The first-order valence-electron chi connectivity index (χ1n) is 4.13. The summed E-state index contributed by atoms with van der Waals surface area (Å²) in [5.41, 5.74) is 7.76. The Kier molecular flexibility index (Phi) is 3.12. The van der Waals surface area contributed by atoms with Crippen LogP contribution >= 0.6 is 11.6 Å². The molecule has 0 aliphatic rings. The highest BCUT2D eigenvalue weighted by molar-refractivity contribution is 6.31. The van der Waals surface area contributed by atoms with E-state index in [1.165, 1.54) is 5.56 Å². The van der Waals surface area contributed by atoms with Gasteiger partial charge >= 0.3 is 0 Å². The lowest BCUT2D eigenvalue weighted by Gasteiger charge is -2.08. The summed E-state index contributed by atoms with van der Waals surface area (Å²) in [4.78, 5) is 0. The maximum Gasteiger partial charge on any atom is 0.0443 e. The molecule has 2 heteroatoms. The summed E-state index contributed by atoms with van der Waals surface area (Å²) in [6.45, 7) is 4.81. The standard InChI is InChI=1S/C10H14ClN/c1-7(2)9-4-3-8(6-12)5-10(9)11/h3-5,7H,6,12H2,1-2H3. The molecular weight excluding hydrogens is 170 g/mol. The minimum absolute atomic E-state index is 0.476. The van der Waals surface area contributed by atoms with Crippen LogP contribution in [-0.2, 0) is 6.54 Å². The molecule has 0 unspecified atom stereocenters. The predicted molar refractivity (Wildman–Crippen MR) is 53.4 cm³/mol. The quantitative estimate of drug-likeness (QED) is 0.750. The second-order valence-electron chi connectivity index (χ2n) is 3.21. The van der Waals surface area contributed by atoms with Crippen molar-refractivity contribution in [3.05, 3.63) is 34.3 Å². The fraction of sp³-hybridized carbons (Fsp3) is 0.400. The molecule has 0 saturated heterocycles. The average molecular weight is 184 g/mol. The number of rotatable bonds is 2. The summed E-state index contributed by atoms with van der Waals surface area (Å²) < 4.78 is 0. The lowest BCUT2D eigenvalue weighted by molar-refractivity contribution is 0.864. The van der Waals surface area contributed by atoms with E-state index in [1.54, 1.807) is 0 Å². The monoisotopic (exact) mass is 183 g/mol. The molecule has 0 heterocycles. The molecule has 0 aliphatic heterocycles. The smallest absolute Gasteiger partial charge is 0.0443 e. The van der Waals surface area contributed by atoms with Gasteiger partial charge in [0, 0.05) is 11.6 Å². The number of benzene rings is 1. The van der Waals surface area contributed by atoms with E-state index >= 15 is 0 Å². The summed E-state index contributed by atoms with van der Waals surface area (Å²) in [7, 11) is 0. The minimum Gasteiger partial charge on any atom is -0.326 e. The van der Waals surface area contributed by atoms with E-state index in [2.05, 4.69) is 19.9 Å². The Bertz CT molecular complexity index is 269. The van der Waals surface area contributed by atoms with Crippen LogP contribution in [0.15, 0.2) is 18.2 Å². The molecule has 0 fully saturated rings. The highest BCUT2D eigenvalue weighted by Gasteiger charge is 2.04. The van der Waals surface area contributed by atoms with E-state index < -0.39 is 0 Å². The third-order valence-corrected chi connectivity index (χ3v) is 2.25. The van der Waals surface area contributed by atoms with E-state index in [0.717, 1.165) is 10.6 Å². The first-order chi connectivity index (χ1) is 5.65. The van der Waals surface area contributed by atoms with Gasteiger partial charge in [-0.1, -0.05) is 37.6 Å². The zero-order chi connectivity index (χ0) is 9.14. The zero-order valence-corrected chi connectivity index (χ0v) is 8.23. The second-order valence-corrected chi connectivity index (χ2v) is 3.62. The molecule has 2 N–H and O–H groups in total. The van der Waals surface area contributed by atoms with Gasteiger partial charge in [-0.15, -0.1) is 0 Å². The van der Waals surface area contributed by atoms with Crippen molar-refractivity contribution >= 4 is 11.6 Å². The van der Waals surface area contributed by atoms with Gasteiger partial charge in [-0.2, -0.15) is 0 Å². The maximum atomic E-state index is 6.05. The van der Waals surface area contributed by atoms with Crippen molar-refractivity contribution in [1.82, 2.24) is 0 Å². The Morgan fingerprint density at radius 3 is 2.50 bits per heavy atom. The summed E-state index contributed by atoms with van der Waals surface area (Å²) in [6.07, 6.45) is 0. The zero-order valence-electron chi connectivity index (χ0n) is 7.47. The summed E-state index contributed by atoms with van der Waals surface area (Å²) >= 11 is 6.05. The van der Waals surface area contributed by atoms with Crippen LogP contribution in [-0.4, -0.2) is 0 Å². The number of hydrogen-bond donors (Lipinski definition) is 1. The van der Waals surface area contributed by atoms with Gasteiger partial charge in [0.2, 0.25) is 0 Å². The minimum atomic E-state index is 0.476. The molecule has 0 aromatic heterocycles. The third-order valence-electron chi connectivity index (χ3n) is 1.92. The Labute approximate surface area is 78.5 Å². The van der Waals surface area contributed by atoms with Gasteiger partial charge in [0.05, 0.1) is 0 Å². The van der Waals surface area contributed by atoms with Crippen LogP contribution < -0.4 is 5.73 Å². The van der Waals surface area contributed by atoms with Gasteiger partial charge in [0.1, 0.15) is 0 Å². The molecule has 0 radical (unpaired) electrons. The molecule has 1 rings (SSSR count). The number of halogens is 1. The summed E-state index contributed by atoms with van der Waals surface area (Å²) in [6, 6.07) is 6.02. The van der Waals surface area contributed by atoms with Gasteiger partial charge in [-0.3, -0.25) is 0 Å². The maximum absolute atomic E-state index is 6.05. The van der Waals surface area contributed by atoms with Gasteiger partial charge in [-0.25, -0.2) is 0 Å². The highest BCUT2D eigenvalue weighted by atomic mass is 35.5. The summed E-state index contributed by atoms with van der Waals surface area (Å²) in [5.74, 6) is 0.476. The van der Waals surface area contributed by atoms with Crippen LogP contribution in [0.2, 0.25) is 5.02 Å². The van der Waals surface area contributed by atoms with Crippen LogP contribution in [0.3, 0.4) is 0 Å². The van der Waals surface area contributed by atoms with Gasteiger partial charge in [-0.05, 0) is 23.1 Å². The molecule has 0 aliphatic carbocycles. The van der Waals surface area contributed by atoms with Crippen molar-refractivity contribution in [1.29, 1.82) is 0 Å². The van der Waals surface area contributed by atoms with Crippen LogP contribution in [0.4, 0.5) is 0 Å². The first kappa shape index (κ1) is 9.56. The van der Waals surface area contributed by atoms with E-state index in [9.17, 15) is 0 Å². The Morgan fingerprint density at radius 2 is 2.08 bits per heavy atom. The van der Waals surface area contributed by atoms with Crippen LogP contribution in [0.25, 0.3) is 0 Å². The predicted octanol–water partition coefficient (Wildman–Crippen LogP) is 2.92. The molecule has 0 amide bonds. The highest BCUT2D eigenvalue weighted by Crippen LogP contribution is 2.24. The molecule has 1 nitrogen and oxygen atoms in total. The van der Waals surface area contributed by atoms with Crippen LogP contribution in [0, 0.1) is 0 Å². The van der Waals surface area contributed by atoms with Crippen molar-refractivity contribution in [3.63, 3.8) is 0 Å². The molecule has 0 saturated carbocycles. The Balaban J connectivity index is 3.03. The fourth-order valence-electron chi connectivity index (χ4n) is 1.17. The van der Waals surface area contributed by atoms with E-state index in [4.69, 9.17) is 17.3 Å². The SMILES string of the molecule is CC(C)c1ccc(CN)cc1Cl. The fourth-order valence-corrected chi connectivity index (χ4v) is 1.59. The number of hydrogen-bond acceptors (Lipinski definition) is 1. The van der Waals surface area contributed by atoms with E-state index in [1.807, 2.05) is 12.1 Å². The molecule has 1 aromatic carbocycles. The lowest BCUT2D eigenvalue weighted by atomic mass is 10.0. The molecule has 66 valence electrons. The normalized spacial score (nSPS) is 10.8. The average Bonchev–Trinajstić information content (AvgIpc) is 2.03. The van der Waals surface area contributed by atoms with Gasteiger partial charge < -0.3 is 5.73 Å². The van der Waals surface area contributed by atoms with Crippen LogP contribution in [0.5, 0.6) is 0 Å². The van der Waals surface area contributed by atoms with Crippen molar-refractivity contribution in [2.45, 2.75) is 26.3 Å². The number of nitrogens with two attached hydrogens (primary N) is 1. The van der Waals surface area contributed by atoms with Gasteiger partial charge in [0.25, 0.3) is 0 Å². The Morgan fingerprint density at radius 1 is 1.42 bits per heavy atom. The third kappa shape index (κ3) is 1.99. The molecule has 12 heavy (non-hydrogen) atoms. The molecule has 0 spiro atoms. The van der Waals surface area contributed by atoms with Crippen molar-refractivity contribution in [2.24, 2.45) is 5.73 Å². The van der Waals surface area contributed by atoms with E-state index in [-0.39, 0.29) is 0 Å². The lowest BCUT2D eigenvalue weighted by Crippen LogP contribution is -1.97. The van der Waals surface area contributed by atoms with Crippen molar-refractivity contribution < 1.29 is 0 Å². The Hall–Kier alpha value is -0.530. The first-order valence-corrected chi connectivity index (χ1v) is 4.51. The molecule has 0 atom stereocenters. The molecule has 1 aromatic rings. The molecular formula is C10H14ClN. The largest absolute Gasteiger partial charge is 0.326 e. The summed E-state index contributed by atoms with van der Waals surface area (Å²) in [5, 5.41) is 0.827.